The van der Waals surface area contributed by atoms with Crippen molar-refractivity contribution in [2.45, 2.75) is 38.5 Å². The number of anilines is 2. The minimum atomic E-state index is -1.34. The van der Waals surface area contributed by atoms with Gasteiger partial charge in [0.15, 0.2) is 0 Å². The summed E-state index contributed by atoms with van der Waals surface area (Å²) in [5.41, 5.74) is 0.629. The number of halogens is 1. The molecule has 0 bridgehead atoms. The van der Waals surface area contributed by atoms with E-state index in [1.165, 1.54) is 6.07 Å². The Kier molecular flexibility index (Phi) is 6.23. The predicted molar refractivity (Wildman–Crippen MR) is 101 cm³/mol. The molecule has 0 aliphatic carbocycles. The topological polar surface area (TPSA) is 123 Å². The third-order valence-electron chi connectivity index (χ3n) is 4.14. The quantitative estimate of drug-likeness (QED) is 0.671. The second-order valence-electron chi connectivity index (χ2n) is 6.85. The Balaban J connectivity index is 1.57. The lowest BCUT2D eigenvalue weighted by atomic mass is 10.1. The molecule has 1 aliphatic heterocycles. The summed E-state index contributed by atoms with van der Waals surface area (Å²) in [5.74, 6) is -1.97. The van der Waals surface area contributed by atoms with E-state index in [1.807, 2.05) is 13.8 Å². The van der Waals surface area contributed by atoms with Crippen molar-refractivity contribution in [2.75, 3.05) is 11.9 Å². The molecular weight excluding hydrogens is 383 g/mol. The van der Waals surface area contributed by atoms with Gasteiger partial charge in [-0.05, 0) is 32.0 Å². The van der Waals surface area contributed by atoms with Crippen molar-refractivity contribution in [2.24, 2.45) is 0 Å². The monoisotopic (exact) mass is 404 g/mol. The van der Waals surface area contributed by atoms with E-state index in [2.05, 4.69) is 20.6 Å². The second-order valence-corrected chi connectivity index (χ2v) is 6.85. The smallest absolute Gasteiger partial charge is 0.407 e. The Labute approximate surface area is 166 Å². The van der Waals surface area contributed by atoms with Crippen molar-refractivity contribution >= 4 is 23.7 Å². The van der Waals surface area contributed by atoms with Crippen LogP contribution in [-0.2, 0) is 9.47 Å². The number of ether oxygens (including phenoxy) is 2. The number of aromatic nitrogens is 2. The summed E-state index contributed by atoms with van der Waals surface area (Å²) in [7, 11) is 0. The van der Waals surface area contributed by atoms with Crippen molar-refractivity contribution in [3.05, 3.63) is 47.5 Å². The van der Waals surface area contributed by atoms with Gasteiger partial charge in [0.1, 0.15) is 11.9 Å². The molecule has 0 radical (unpaired) electrons. The number of hydrogen-bond acceptors (Lipinski definition) is 7. The molecule has 1 aromatic carbocycles. The van der Waals surface area contributed by atoms with Crippen LogP contribution in [0, 0.1) is 5.82 Å². The molecule has 3 N–H and O–H groups in total. The predicted octanol–water partition coefficient (Wildman–Crippen LogP) is 3.02. The molecule has 1 saturated heterocycles. The van der Waals surface area contributed by atoms with E-state index < -0.39 is 23.4 Å². The van der Waals surface area contributed by atoms with Gasteiger partial charge >= 0.3 is 12.1 Å². The van der Waals surface area contributed by atoms with Crippen LogP contribution in [-0.4, -0.2) is 45.9 Å². The normalized spacial score (nSPS) is 18.5. The molecule has 0 saturated carbocycles. The zero-order valence-electron chi connectivity index (χ0n) is 15.9. The molecule has 29 heavy (non-hydrogen) atoms. The minimum absolute atomic E-state index is 0.0112. The van der Waals surface area contributed by atoms with Crippen LogP contribution < -0.4 is 10.6 Å². The Bertz CT molecular complexity index is 891. The van der Waals surface area contributed by atoms with Gasteiger partial charge in [0, 0.05) is 36.1 Å². The van der Waals surface area contributed by atoms with Crippen molar-refractivity contribution in [1.82, 2.24) is 15.3 Å². The van der Waals surface area contributed by atoms with E-state index in [1.54, 1.807) is 12.4 Å². The van der Waals surface area contributed by atoms with Crippen molar-refractivity contribution in [1.29, 1.82) is 0 Å². The average Bonchev–Trinajstić information content (AvgIpc) is 3.09. The molecule has 0 unspecified atom stereocenters. The first kappa shape index (κ1) is 20.5. The number of carboxylic acid groups (broad SMARTS) is 1. The Morgan fingerprint density at radius 2 is 2.03 bits per heavy atom. The zero-order chi connectivity index (χ0) is 21.0. The maximum absolute atomic E-state index is 13.8. The average molecular weight is 404 g/mol. The number of nitrogens with zero attached hydrogens (tertiary/aromatic N) is 2. The van der Waals surface area contributed by atoms with E-state index in [-0.39, 0.29) is 30.8 Å². The van der Waals surface area contributed by atoms with E-state index in [9.17, 15) is 14.0 Å². The summed E-state index contributed by atoms with van der Waals surface area (Å²) < 4.78 is 24.7. The fourth-order valence-corrected chi connectivity index (χ4v) is 2.80. The van der Waals surface area contributed by atoms with Crippen molar-refractivity contribution in [3.63, 3.8) is 0 Å². The summed E-state index contributed by atoms with van der Waals surface area (Å²) >= 11 is 0. The molecule has 2 heterocycles. The van der Waals surface area contributed by atoms with Crippen molar-refractivity contribution in [3.8, 4) is 0 Å². The molecule has 154 valence electrons. The lowest BCUT2D eigenvalue weighted by Crippen LogP contribution is -2.33. The molecule has 9 nitrogen and oxygen atoms in total. The van der Waals surface area contributed by atoms with Gasteiger partial charge in [-0.15, -0.1) is 0 Å². The number of carbonyl (C=O) groups excluding carboxylic acids is 1. The summed E-state index contributed by atoms with van der Waals surface area (Å²) in [6.07, 6.45) is 2.49. The Hall–Kier alpha value is -3.27. The van der Waals surface area contributed by atoms with Crippen LogP contribution in [0.5, 0.6) is 0 Å². The first-order chi connectivity index (χ1) is 13.8. The third kappa shape index (κ3) is 5.38. The standard InChI is InChI=1S/C19H21FN4O5/c1-10(2)23-19(27)29-13-6-16(28-9-13)11-7-21-18(22-8-11)24-12-3-4-14(17(25)26)15(20)5-12/h3-5,7-8,10,13,16H,6,9H2,1-2H3,(H,23,27)(H,25,26)(H,21,22,24)/t13-,16-/m0/s1. The number of benzene rings is 1. The van der Waals surface area contributed by atoms with Gasteiger partial charge in [-0.1, -0.05) is 0 Å². The highest BCUT2D eigenvalue weighted by molar-refractivity contribution is 5.88. The van der Waals surface area contributed by atoms with Crippen LogP contribution in [0.3, 0.4) is 0 Å². The van der Waals surface area contributed by atoms with Gasteiger partial charge in [0.05, 0.1) is 18.3 Å². The lowest BCUT2D eigenvalue weighted by molar-refractivity contribution is 0.0686. The highest BCUT2D eigenvalue weighted by Gasteiger charge is 2.30. The number of aromatic carboxylic acids is 1. The summed E-state index contributed by atoms with van der Waals surface area (Å²) in [6, 6.07) is 3.64. The molecule has 1 fully saturated rings. The van der Waals surface area contributed by atoms with E-state index in [4.69, 9.17) is 14.6 Å². The Morgan fingerprint density at radius 1 is 1.31 bits per heavy atom. The van der Waals surface area contributed by atoms with Crippen LogP contribution >= 0.6 is 0 Å². The molecule has 0 spiro atoms. The fourth-order valence-electron chi connectivity index (χ4n) is 2.80. The van der Waals surface area contributed by atoms with Crippen molar-refractivity contribution < 1.29 is 28.6 Å². The van der Waals surface area contributed by atoms with Gasteiger partial charge in [-0.3, -0.25) is 0 Å². The molecule has 3 rings (SSSR count). The van der Waals surface area contributed by atoms with Crippen LogP contribution in [0.1, 0.15) is 42.3 Å². The van der Waals surface area contributed by atoms with Gasteiger partial charge in [-0.25, -0.2) is 23.9 Å². The molecule has 1 aliphatic rings. The summed E-state index contributed by atoms with van der Waals surface area (Å²) in [4.78, 5) is 30.9. The highest BCUT2D eigenvalue weighted by Crippen LogP contribution is 2.30. The number of amides is 1. The molecule has 1 amide bonds. The van der Waals surface area contributed by atoms with E-state index in [0.29, 0.717) is 12.1 Å². The highest BCUT2D eigenvalue weighted by atomic mass is 19.1. The lowest BCUT2D eigenvalue weighted by Gasteiger charge is -2.13. The van der Waals surface area contributed by atoms with Crippen LogP contribution in [0.15, 0.2) is 30.6 Å². The first-order valence-corrected chi connectivity index (χ1v) is 9.02. The number of nitrogens with one attached hydrogen (secondary N) is 2. The van der Waals surface area contributed by atoms with Gasteiger partial charge < -0.3 is 25.2 Å². The Morgan fingerprint density at radius 3 is 2.66 bits per heavy atom. The number of carbonyl (C=O) groups is 2. The van der Waals surface area contributed by atoms with Gasteiger partial charge in [-0.2, -0.15) is 0 Å². The maximum atomic E-state index is 13.8. The summed E-state index contributed by atoms with van der Waals surface area (Å²) in [6.45, 7) is 3.97. The van der Waals surface area contributed by atoms with Gasteiger partial charge in [0.2, 0.25) is 5.95 Å². The third-order valence-corrected chi connectivity index (χ3v) is 4.14. The summed E-state index contributed by atoms with van der Waals surface area (Å²) in [5, 5.41) is 14.3. The maximum Gasteiger partial charge on any atom is 0.407 e. The van der Waals surface area contributed by atoms with Crippen LogP contribution in [0.4, 0.5) is 20.8 Å². The zero-order valence-corrected chi connectivity index (χ0v) is 15.9. The first-order valence-electron chi connectivity index (χ1n) is 9.02. The number of alkyl carbamates (subject to hydrolysis) is 1. The second kappa shape index (κ2) is 8.82. The number of rotatable bonds is 6. The van der Waals surface area contributed by atoms with E-state index >= 15 is 0 Å². The molecule has 2 atom stereocenters. The van der Waals surface area contributed by atoms with Gasteiger partial charge in [0.25, 0.3) is 0 Å². The molecular formula is C19H21FN4O5. The molecule has 1 aromatic heterocycles. The van der Waals surface area contributed by atoms with Crippen LogP contribution in [0.25, 0.3) is 0 Å². The number of hydrogen-bond donors (Lipinski definition) is 3. The molecule has 10 heteroatoms. The van der Waals surface area contributed by atoms with Crippen LogP contribution in [0.2, 0.25) is 0 Å². The minimum Gasteiger partial charge on any atom is -0.478 e. The SMILES string of the molecule is CC(C)NC(=O)O[C@@H]1CO[C@H](c2cnc(Nc3ccc(C(=O)O)c(F)c3)nc2)C1. The fraction of sp³-hybridized carbons (Fsp3) is 0.368. The van der Waals surface area contributed by atoms with E-state index in [0.717, 1.165) is 17.7 Å². The number of carboxylic acids is 1. The molecule has 2 aromatic rings. The largest absolute Gasteiger partial charge is 0.478 e.